The first-order chi connectivity index (χ1) is 25.1. The van der Waals surface area contributed by atoms with Crippen molar-refractivity contribution in [3.05, 3.63) is 76.4 Å². The molecule has 1 saturated carbocycles. The van der Waals surface area contributed by atoms with Gasteiger partial charge in [-0.3, -0.25) is 9.59 Å². The monoisotopic (exact) mass is 747 g/mol. The number of carbonyl (C=O) groups excluding carboxylic acids is 2. The molecule has 0 atom stereocenters. The summed E-state index contributed by atoms with van der Waals surface area (Å²) in [5.74, 6) is 1.35. The van der Waals surface area contributed by atoms with E-state index in [1.54, 1.807) is 25.4 Å². The number of para-hydroxylation sites is 1. The largest absolute Gasteiger partial charge is 0.493 e. The van der Waals surface area contributed by atoms with Gasteiger partial charge in [0.25, 0.3) is 5.91 Å². The normalized spacial score (nSPS) is 14.6. The molecule has 3 aromatic heterocycles. The lowest BCUT2D eigenvalue weighted by molar-refractivity contribution is -0.126. The molecule has 12 nitrogen and oxygen atoms in total. The molecule has 0 radical (unpaired) electrons. The van der Waals surface area contributed by atoms with E-state index in [1.165, 1.54) is 17.5 Å². The van der Waals surface area contributed by atoms with E-state index in [2.05, 4.69) is 25.4 Å². The van der Waals surface area contributed by atoms with Gasteiger partial charge in [-0.25, -0.2) is 19.3 Å². The highest BCUT2D eigenvalue weighted by Gasteiger charge is 2.33. The molecule has 1 aliphatic heterocycles. The van der Waals surface area contributed by atoms with E-state index < -0.39 is 6.67 Å². The summed E-state index contributed by atoms with van der Waals surface area (Å²) in [6.07, 6.45) is 8.78. The maximum Gasteiger partial charge on any atom is 0.267 e. The number of hydrogen-bond acceptors (Lipinski definition) is 11. The number of ether oxygens (including phenoxy) is 1. The van der Waals surface area contributed by atoms with Crippen LogP contribution >= 0.6 is 22.9 Å². The van der Waals surface area contributed by atoms with E-state index in [1.807, 2.05) is 67.2 Å². The zero-order chi connectivity index (χ0) is 36.8. The quantitative estimate of drug-likeness (QED) is 0.143. The zero-order valence-corrected chi connectivity index (χ0v) is 31.3. The van der Waals surface area contributed by atoms with Gasteiger partial charge in [-0.2, -0.15) is 0 Å². The number of methoxy groups -OCH3 is 1. The molecule has 6 rings (SSSR count). The van der Waals surface area contributed by atoms with Gasteiger partial charge < -0.3 is 35.0 Å². The van der Waals surface area contributed by atoms with Crippen LogP contribution in [0.1, 0.15) is 28.1 Å². The number of nitrogens with zero attached hydrogens (tertiary/aromatic N) is 7. The molecule has 1 aromatic carbocycles. The number of thiazole rings is 1. The van der Waals surface area contributed by atoms with Gasteiger partial charge >= 0.3 is 0 Å². The summed E-state index contributed by atoms with van der Waals surface area (Å²) in [6, 6.07) is 11.4. The maximum atomic E-state index is 13.9. The molecular formula is C37H43ClFN9O3S. The Bertz CT molecular complexity index is 1910. The average Bonchev–Trinajstić information content (AvgIpc) is 3.88. The number of benzene rings is 1. The lowest BCUT2D eigenvalue weighted by atomic mass is 10.1. The fraction of sp³-hybridized carbons (Fsp3) is 0.378. The number of likely N-dealkylation sites (N-methyl/N-ethyl adjacent to an activating group) is 1. The van der Waals surface area contributed by atoms with Crippen LogP contribution in [0.5, 0.6) is 5.75 Å². The van der Waals surface area contributed by atoms with Crippen molar-refractivity contribution < 1.29 is 18.7 Å². The molecule has 0 bridgehead atoms. The first kappa shape index (κ1) is 37.0. The Kier molecular flexibility index (Phi) is 11.9. The van der Waals surface area contributed by atoms with Crippen LogP contribution in [0.25, 0.3) is 11.3 Å². The van der Waals surface area contributed by atoms with Crippen molar-refractivity contribution in [1.29, 1.82) is 0 Å². The fourth-order valence-corrected chi connectivity index (χ4v) is 6.97. The molecule has 274 valence electrons. The van der Waals surface area contributed by atoms with Crippen LogP contribution in [0.2, 0.25) is 5.02 Å². The van der Waals surface area contributed by atoms with E-state index in [-0.39, 0.29) is 24.4 Å². The Morgan fingerprint density at radius 3 is 2.60 bits per heavy atom. The second-order valence-corrected chi connectivity index (χ2v) is 14.4. The minimum Gasteiger partial charge on any atom is -0.493 e. The van der Waals surface area contributed by atoms with Gasteiger partial charge in [0.15, 0.2) is 22.5 Å². The first-order valence-electron chi connectivity index (χ1n) is 17.2. The summed E-state index contributed by atoms with van der Waals surface area (Å²) >= 11 is 7.49. The third kappa shape index (κ3) is 8.80. The molecule has 52 heavy (non-hydrogen) atoms. The number of anilines is 5. The topological polar surface area (TPSA) is 119 Å². The summed E-state index contributed by atoms with van der Waals surface area (Å²) in [6.45, 7) is 4.71. The Morgan fingerprint density at radius 2 is 1.90 bits per heavy atom. The second kappa shape index (κ2) is 16.7. The highest BCUT2D eigenvalue weighted by atomic mass is 35.5. The Labute approximate surface area is 312 Å². The van der Waals surface area contributed by atoms with Crippen LogP contribution in [0.15, 0.2) is 60.9 Å². The van der Waals surface area contributed by atoms with Gasteiger partial charge in [0, 0.05) is 63.1 Å². The number of pyridine rings is 2. The number of piperazine rings is 1. The number of hydrogen-bond donors (Lipinski definition) is 2. The molecule has 2 fully saturated rings. The fourth-order valence-electron chi connectivity index (χ4n) is 5.99. The molecule has 1 saturated heterocycles. The Balaban J connectivity index is 1.23. The van der Waals surface area contributed by atoms with Crippen LogP contribution in [-0.2, 0) is 4.79 Å². The minimum absolute atomic E-state index is 0.00137. The van der Waals surface area contributed by atoms with Crippen molar-refractivity contribution in [2.75, 3.05) is 87.6 Å². The Hall–Kier alpha value is -4.79. The van der Waals surface area contributed by atoms with Gasteiger partial charge in [0.1, 0.15) is 11.6 Å². The molecule has 2 N–H and O–H groups in total. The molecule has 4 heterocycles. The molecule has 2 aliphatic rings. The number of amides is 2. The van der Waals surface area contributed by atoms with Crippen molar-refractivity contribution in [3.63, 3.8) is 0 Å². The van der Waals surface area contributed by atoms with Crippen molar-refractivity contribution in [3.8, 4) is 17.0 Å². The van der Waals surface area contributed by atoms with E-state index in [0.29, 0.717) is 70.7 Å². The molecule has 0 unspecified atom stereocenters. The molecular weight excluding hydrogens is 705 g/mol. The lowest BCUT2D eigenvalue weighted by Crippen LogP contribution is -2.49. The van der Waals surface area contributed by atoms with Gasteiger partial charge in [0.2, 0.25) is 5.91 Å². The van der Waals surface area contributed by atoms with Crippen molar-refractivity contribution in [2.24, 2.45) is 0 Å². The molecule has 4 aromatic rings. The van der Waals surface area contributed by atoms with Crippen LogP contribution in [0, 0.1) is 6.92 Å². The van der Waals surface area contributed by atoms with E-state index in [0.717, 1.165) is 35.5 Å². The van der Waals surface area contributed by atoms with Crippen molar-refractivity contribution >= 4 is 62.9 Å². The molecule has 15 heteroatoms. The minimum atomic E-state index is -0.484. The third-order valence-electron chi connectivity index (χ3n) is 8.88. The third-order valence-corrected chi connectivity index (χ3v) is 10.1. The van der Waals surface area contributed by atoms with Crippen LogP contribution < -0.4 is 25.2 Å². The van der Waals surface area contributed by atoms with Crippen LogP contribution in [0.4, 0.5) is 32.5 Å². The van der Waals surface area contributed by atoms with E-state index in [4.69, 9.17) is 26.3 Å². The van der Waals surface area contributed by atoms with Crippen LogP contribution in [0.3, 0.4) is 0 Å². The number of alkyl halides is 1. The average molecular weight is 748 g/mol. The second-order valence-electron chi connectivity index (χ2n) is 12.9. The lowest BCUT2D eigenvalue weighted by Gasteiger charge is -2.37. The number of aryl methyl sites for hydroxylation is 1. The molecule has 0 spiro atoms. The summed E-state index contributed by atoms with van der Waals surface area (Å²) in [5, 5.41) is 7.00. The van der Waals surface area contributed by atoms with Crippen LogP contribution in [-0.4, -0.2) is 110 Å². The number of rotatable bonds is 14. The van der Waals surface area contributed by atoms with Gasteiger partial charge in [-0.15, -0.1) is 0 Å². The summed E-state index contributed by atoms with van der Waals surface area (Å²) in [4.78, 5) is 48.6. The highest BCUT2D eigenvalue weighted by Crippen LogP contribution is 2.40. The van der Waals surface area contributed by atoms with Crippen molar-refractivity contribution in [1.82, 2.24) is 24.8 Å². The first-order valence-corrected chi connectivity index (χ1v) is 18.4. The van der Waals surface area contributed by atoms with Gasteiger partial charge in [-0.1, -0.05) is 41.1 Å². The summed E-state index contributed by atoms with van der Waals surface area (Å²) in [7, 11) is 5.48. The number of nitrogens with one attached hydrogen (secondary N) is 2. The Morgan fingerprint density at radius 1 is 1.12 bits per heavy atom. The van der Waals surface area contributed by atoms with E-state index in [9.17, 15) is 14.0 Å². The SMILES string of the molecule is COc1ccc(-c2cnc(N3CCN(C(=O)/C=C/CN(C)C)CC3)c(N(CCF)C3CC3)c2)nc1Nc1ncc(C(=O)Nc2c(C)cccc2Cl)s1. The van der Waals surface area contributed by atoms with Crippen molar-refractivity contribution in [2.45, 2.75) is 25.8 Å². The van der Waals surface area contributed by atoms with Gasteiger partial charge in [0.05, 0.1) is 35.4 Å². The highest BCUT2D eigenvalue weighted by molar-refractivity contribution is 7.17. The predicted molar refractivity (Wildman–Crippen MR) is 206 cm³/mol. The number of halogens is 2. The predicted octanol–water partition coefficient (Wildman–Crippen LogP) is 6.27. The smallest absolute Gasteiger partial charge is 0.267 e. The molecule has 1 aliphatic carbocycles. The van der Waals surface area contributed by atoms with E-state index >= 15 is 0 Å². The number of carbonyl (C=O) groups is 2. The molecule has 2 amide bonds. The standard InChI is InChI=1S/C37H43ClFN9O3S/c1-24-7-5-8-27(38)33(24)43-36(50)31-23-41-37(52-31)44-34-30(51-4)13-12-28(42-34)25-21-29(48(16-14-39)26-10-11-26)35(40-22-25)47-19-17-46(18-20-47)32(49)9-6-15-45(2)3/h5-9,12-13,21-23,26H,10-11,14-20H2,1-4H3,(H,43,50)(H,41,42,44)/b9-6+. The summed E-state index contributed by atoms with van der Waals surface area (Å²) in [5.41, 5.74) is 3.63. The number of aromatic nitrogens is 3. The maximum absolute atomic E-state index is 13.9. The van der Waals surface area contributed by atoms with Gasteiger partial charge in [-0.05, 0) is 63.7 Å². The summed E-state index contributed by atoms with van der Waals surface area (Å²) < 4.78 is 19.6. The zero-order valence-electron chi connectivity index (χ0n) is 29.7.